The molecule has 2 aliphatic heterocycles. The summed E-state index contributed by atoms with van der Waals surface area (Å²) in [5.74, 6) is -1.21. The third-order valence-electron chi connectivity index (χ3n) is 6.25. The molecule has 33 heavy (non-hydrogen) atoms. The van der Waals surface area contributed by atoms with Gasteiger partial charge < -0.3 is 14.6 Å². The molecular weight excluding hydrogens is 426 g/mol. The number of piperidine rings is 1. The Bertz CT molecular complexity index is 1290. The minimum absolute atomic E-state index is 0.0127. The number of aromatic nitrogens is 3. The number of likely N-dealkylation sites (tertiary alicyclic amines) is 1. The maximum absolute atomic E-state index is 12.8. The van der Waals surface area contributed by atoms with Gasteiger partial charge in [-0.15, -0.1) is 0 Å². The molecule has 2 aliphatic rings. The summed E-state index contributed by atoms with van der Waals surface area (Å²) in [5.41, 5.74) is 1.81. The minimum atomic E-state index is -0.616. The van der Waals surface area contributed by atoms with Gasteiger partial charge in [0.1, 0.15) is 12.2 Å². The smallest absolute Gasteiger partial charge is 0.408 e. The van der Waals surface area contributed by atoms with Crippen LogP contribution in [0.4, 0.5) is 5.69 Å². The van der Waals surface area contributed by atoms with E-state index in [1.807, 2.05) is 0 Å². The van der Waals surface area contributed by atoms with Crippen LogP contribution in [-0.2, 0) is 17.9 Å². The maximum atomic E-state index is 12.8. The number of Topliss-reactive ketones (excluding diaryl/α,β-unsaturated/α-hetero) is 1. The van der Waals surface area contributed by atoms with Gasteiger partial charge in [-0.1, -0.05) is 0 Å². The number of oxazole rings is 1. The SMILES string of the molecule is O=C(Nc1ccc2oc(=O)n(CC(=O)N3CCCCC3)c2c1)c1cc2n(n1)CCCCC2=O. The Balaban J connectivity index is 1.37. The topological polar surface area (TPSA) is 119 Å². The van der Waals surface area contributed by atoms with Crippen molar-refractivity contribution < 1.29 is 18.8 Å². The highest BCUT2D eigenvalue weighted by molar-refractivity contribution is 6.05. The number of nitrogens with one attached hydrogen (secondary N) is 1. The van der Waals surface area contributed by atoms with Gasteiger partial charge in [-0.3, -0.25) is 23.6 Å². The second-order valence-electron chi connectivity index (χ2n) is 8.55. The molecule has 0 saturated carbocycles. The molecule has 1 aromatic carbocycles. The van der Waals surface area contributed by atoms with Gasteiger partial charge in [0.25, 0.3) is 5.91 Å². The predicted octanol–water partition coefficient (Wildman–Crippen LogP) is 2.42. The summed E-state index contributed by atoms with van der Waals surface area (Å²) in [7, 11) is 0. The first-order valence-corrected chi connectivity index (χ1v) is 11.3. The zero-order valence-electron chi connectivity index (χ0n) is 18.2. The van der Waals surface area contributed by atoms with Gasteiger partial charge in [0, 0.05) is 37.8 Å². The molecule has 172 valence electrons. The fourth-order valence-electron chi connectivity index (χ4n) is 4.46. The molecule has 0 aliphatic carbocycles. The number of carbonyl (C=O) groups excluding carboxylic acids is 3. The maximum Gasteiger partial charge on any atom is 0.420 e. The third-order valence-corrected chi connectivity index (χ3v) is 6.25. The Morgan fingerprint density at radius 3 is 2.61 bits per heavy atom. The number of nitrogens with zero attached hydrogens (tertiary/aromatic N) is 4. The van der Waals surface area contributed by atoms with E-state index in [4.69, 9.17) is 4.42 Å². The average Bonchev–Trinajstić information content (AvgIpc) is 3.33. The minimum Gasteiger partial charge on any atom is -0.408 e. The molecule has 4 heterocycles. The van der Waals surface area contributed by atoms with Crippen LogP contribution in [0.2, 0.25) is 0 Å². The van der Waals surface area contributed by atoms with Crippen molar-refractivity contribution in [2.75, 3.05) is 18.4 Å². The quantitative estimate of drug-likeness (QED) is 0.651. The van der Waals surface area contributed by atoms with Gasteiger partial charge in [-0.2, -0.15) is 5.10 Å². The Hall–Kier alpha value is -3.69. The predicted molar refractivity (Wildman–Crippen MR) is 119 cm³/mol. The van der Waals surface area contributed by atoms with Crippen molar-refractivity contribution in [2.24, 2.45) is 0 Å². The number of ketones is 1. The van der Waals surface area contributed by atoms with E-state index in [0.717, 1.165) is 32.1 Å². The number of carbonyl (C=O) groups is 3. The van der Waals surface area contributed by atoms with Crippen molar-refractivity contribution in [3.05, 3.63) is 46.2 Å². The molecule has 0 atom stereocenters. The van der Waals surface area contributed by atoms with Crippen molar-refractivity contribution in [1.82, 2.24) is 19.2 Å². The molecule has 10 nitrogen and oxygen atoms in total. The molecule has 0 spiro atoms. The molecule has 1 fully saturated rings. The average molecular weight is 451 g/mol. The Labute approximate surface area is 189 Å². The van der Waals surface area contributed by atoms with Crippen molar-refractivity contribution in [1.29, 1.82) is 0 Å². The Morgan fingerprint density at radius 1 is 1.00 bits per heavy atom. The molecule has 1 N–H and O–H groups in total. The Kier molecular flexibility index (Phi) is 5.57. The number of fused-ring (bicyclic) bond motifs is 2. The van der Waals surface area contributed by atoms with Crippen LogP contribution >= 0.6 is 0 Å². The van der Waals surface area contributed by atoms with Crippen molar-refractivity contribution in [3.63, 3.8) is 0 Å². The van der Waals surface area contributed by atoms with Gasteiger partial charge in [-0.25, -0.2) is 4.79 Å². The van der Waals surface area contributed by atoms with Gasteiger partial charge in [0.15, 0.2) is 17.1 Å². The lowest BCUT2D eigenvalue weighted by Gasteiger charge is -2.26. The lowest BCUT2D eigenvalue weighted by molar-refractivity contribution is -0.132. The monoisotopic (exact) mass is 451 g/mol. The highest BCUT2D eigenvalue weighted by Gasteiger charge is 2.22. The summed E-state index contributed by atoms with van der Waals surface area (Å²) in [4.78, 5) is 51.8. The van der Waals surface area contributed by atoms with Crippen LogP contribution in [0, 0.1) is 0 Å². The van der Waals surface area contributed by atoms with E-state index in [1.165, 1.54) is 10.6 Å². The zero-order valence-corrected chi connectivity index (χ0v) is 18.2. The number of rotatable bonds is 4. The first kappa shape index (κ1) is 21.2. The summed E-state index contributed by atoms with van der Waals surface area (Å²) >= 11 is 0. The van der Waals surface area contributed by atoms with Gasteiger partial charge in [0.2, 0.25) is 5.91 Å². The normalized spacial score (nSPS) is 16.5. The van der Waals surface area contributed by atoms with Gasteiger partial charge in [-0.05, 0) is 50.3 Å². The van der Waals surface area contributed by atoms with Crippen LogP contribution in [0.1, 0.15) is 59.5 Å². The molecule has 0 radical (unpaired) electrons. The van der Waals surface area contributed by atoms with E-state index in [0.29, 0.717) is 48.5 Å². The molecule has 2 amide bonds. The molecule has 2 aromatic heterocycles. The van der Waals surface area contributed by atoms with Gasteiger partial charge >= 0.3 is 5.76 Å². The number of anilines is 1. The second-order valence-corrected chi connectivity index (χ2v) is 8.55. The fourth-order valence-corrected chi connectivity index (χ4v) is 4.46. The lowest BCUT2D eigenvalue weighted by Crippen LogP contribution is -2.39. The van der Waals surface area contributed by atoms with Crippen molar-refractivity contribution in [2.45, 2.75) is 51.6 Å². The van der Waals surface area contributed by atoms with Crippen molar-refractivity contribution >= 4 is 34.4 Å². The largest absolute Gasteiger partial charge is 0.420 e. The van der Waals surface area contributed by atoms with E-state index < -0.39 is 11.7 Å². The number of benzene rings is 1. The molecule has 10 heteroatoms. The zero-order chi connectivity index (χ0) is 22.9. The highest BCUT2D eigenvalue weighted by Crippen LogP contribution is 2.21. The fraction of sp³-hybridized carbons (Fsp3) is 0.435. The first-order valence-electron chi connectivity index (χ1n) is 11.3. The molecule has 5 rings (SSSR count). The summed E-state index contributed by atoms with van der Waals surface area (Å²) in [6.07, 6.45) is 5.15. The van der Waals surface area contributed by atoms with Crippen LogP contribution in [0.15, 0.2) is 33.5 Å². The van der Waals surface area contributed by atoms with Crippen LogP contribution in [0.3, 0.4) is 0 Å². The highest BCUT2D eigenvalue weighted by atomic mass is 16.4. The molecule has 0 bridgehead atoms. The van der Waals surface area contributed by atoms with Crippen LogP contribution in [0.25, 0.3) is 11.1 Å². The summed E-state index contributed by atoms with van der Waals surface area (Å²) in [6.45, 7) is 1.88. The molecule has 1 saturated heterocycles. The second kappa shape index (κ2) is 8.68. The number of amides is 2. The molecule has 0 unspecified atom stereocenters. The van der Waals surface area contributed by atoms with Gasteiger partial charge in [0.05, 0.1) is 5.52 Å². The van der Waals surface area contributed by atoms with E-state index >= 15 is 0 Å². The van der Waals surface area contributed by atoms with Crippen LogP contribution in [-0.4, -0.2) is 49.9 Å². The number of hydrogen-bond acceptors (Lipinski definition) is 6. The lowest BCUT2D eigenvalue weighted by atomic mass is 10.1. The van der Waals surface area contributed by atoms with E-state index in [-0.39, 0.29) is 23.9 Å². The van der Waals surface area contributed by atoms with Crippen molar-refractivity contribution in [3.8, 4) is 0 Å². The van der Waals surface area contributed by atoms with E-state index in [9.17, 15) is 19.2 Å². The summed E-state index contributed by atoms with van der Waals surface area (Å²) in [5, 5.41) is 7.06. The van der Waals surface area contributed by atoms with E-state index in [1.54, 1.807) is 27.8 Å². The number of hydrogen-bond donors (Lipinski definition) is 1. The van der Waals surface area contributed by atoms with Crippen LogP contribution in [0.5, 0.6) is 0 Å². The van der Waals surface area contributed by atoms with Crippen LogP contribution < -0.4 is 11.1 Å². The number of aryl methyl sites for hydroxylation is 1. The molecular formula is C23H25N5O5. The summed E-state index contributed by atoms with van der Waals surface area (Å²) in [6, 6.07) is 6.33. The first-order chi connectivity index (χ1) is 16.0. The third kappa shape index (κ3) is 4.20. The Morgan fingerprint density at radius 2 is 1.79 bits per heavy atom. The standard InChI is InChI=1S/C23H25N5O5/c29-19-6-2-5-11-28-17(19)13-16(25-28)22(31)24-15-7-8-20-18(12-15)27(23(32)33-20)14-21(30)26-9-3-1-4-10-26/h7-8,12-13H,1-6,9-11,14H2,(H,24,31). The summed E-state index contributed by atoms with van der Waals surface area (Å²) < 4.78 is 8.16. The molecule has 3 aromatic rings. The van der Waals surface area contributed by atoms with E-state index in [2.05, 4.69) is 10.4 Å².